The number of halogens is 1. The molecule has 4 nitrogen and oxygen atoms in total. The van der Waals surface area contributed by atoms with E-state index < -0.39 is 4.92 Å². The molecule has 0 fully saturated rings. The molecule has 2 aromatic carbocycles. The molecule has 0 spiro atoms. The fraction of sp³-hybridized carbons (Fsp3) is 0. The van der Waals surface area contributed by atoms with Gasteiger partial charge in [0.1, 0.15) is 0 Å². The molecule has 0 atom stereocenters. The van der Waals surface area contributed by atoms with Crippen LogP contribution in [0.4, 0.5) is 5.69 Å². The molecule has 5 heteroatoms. The maximum atomic E-state index is 10.8. The average Bonchev–Trinajstić information content (AvgIpc) is 2.46. The molecular formula is C15H9BrN2O2. The molecule has 0 aromatic heterocycles. The summed E-state index contributed by atoms with van der Waals surface area (Å²) in [4.78, 5) is 10.3. The van der Waals surface area contributed by atoms with E-state index in [0.29, 0.717) is 11.1 Å². The van der Waals surface area contributed by atoms with E-state index >= 15 is 0 Å². The molecule has 0 aliphatic rings. The van der Waals surface area contributed by atoms with E-state index in [0.717, 1.165) is 10.0 Å². The monoisotopic (exact) mass is 328 g/mol. The molecule has 98 valence electrons. The first-order valence-electron chi connectivity index (χ1n) is 5.73. The third-order valence-corrected chi connectivity index (χ3v) is 3.42. The molecule has 0 unspecified atom stereocenters. The highest BCUT2D eigenvalue weighted by Crippen LogP contribution is 2.25. The van der Waals surface area contributed by atoms with Gasteiger partial charge < -0.3 is 0 Å². The van der Waals surface area contributed by atoms with Crippen molar-refractivity contribution in [3.05, 3.63) is 74.2 Å². The second-order valence-electron chi connectivity index (χ2n) is 4.00. The smallest absolute Gasteiger partial charge is 0.258 e. The van der Waals surface area contributed by atoms with Gasteiger partial charge in [0.25, 0.3) is 5.69 Å². The van der Waals surface area contributed by atoms with Gasteiger partial charge in [-0.25, -0.2) is 0 Å². The molecule has 0 aliphatic heterocycles. The van der Waals surface area contributed by atoms with Crippen molar-refractivity contribution in [2.75, 3.05) is 0 Å². The van der Waals surface area contributed by atoms with E-state index in [1.165, 1.54) is 12.1 Å². The summed E-state index contributed by atoms with van der Waals surface area (Å²) >= 11 is 3.40. The Morgan fingerprint density at radius 3 is 2.65 bits per heavy atom. The van der Waals surface area contributed by atoms with Gasteiger partial charge in [0.2, 0.25) is 0 Å². The van der Waals surface area contributed by atoms with Crippen molar-refractivity contribution in [2.45, 2.75) is 0 Å². The Morgan fingerprint density at radius 2 is 2.00 bits per heavy atom. The Morgan fingerprint density at radius 1 is 1.25 bits per heavy atom. The van der Waals surface area contributed by atoms with E-state index in [1.54, 1.807) is 18.2 Å². The number of non-ortho nitro benzene ring substituents is 1. The highest BCUT2D eigenvalue weighted by atomic mass is 79.9. The predicted molar refractivity (Wildman–Crippen MR) is 80.7 cm³/mol. The zero-order valence-corrected chi connectivity index (χ0v) is 11.9. The Bertz CT molecular complexity index is 733. The van der Waals surface area contributed by atoms with E-state index in [9.17, 15) is 15.4 Å². The maximum absolute atomic E-state index is 10.8. The Hall–Kier alpha value is -2.45. The van der Waals surface area contributed by atoms with E-state index in [1.807, 2.05) is 24.3 Å². The molecule has 0 bridgehead atoms. The fourth-order valence-electron chi connectivity index (χ4n) is 1.71. The van der Waals surface area contributed by atoms with Crippen LogP contribution in [-0.4, -0.2) is 4.92 Å². The van der Waals surface area contributed by atoms with E-state index in [4.69, 9.17) is 0 Å². The molecule has 0 amide bonds. The van der Waals surface area contributed by atoms with Gasteiger partial charge in [-0.15, -0.1) is 0 Å². The van der Waals surface area contributed by atoms with Crippen LogP contribution in [0.2, 0.25) is 0 Å². The summed E-state index contributed by atoms with van der Waals surface area (Å²) in [7, 11) is 0. The number of nitriles is 1. The number of benzene rings is 2. The van der Waals surface area contributed by atoms with Gasteiger partial charge in [0, 0.05) is 16.6 Å². The summed E-state index contributed by atoms with van der Waals surface area (Å²) in [5.74, 6) is 0. The normalized spacial score (nSPS) is 10.9. The van der Waals surface area contributed by atoms with Crippen molar-refractivity contribution >= 4 is 33.3 Å². The van der Waals surface area contributed by atoms with E-state index in [2.05, 4.69) is 22.0 Å². The maximum Gasteiger partial charge on any atom is 0.270 e. The number of nitro benzene ring substituents is 1. The minimum absolute atomic E-state index is 0.0317. The molecule has 0 saturated heterocycles. The van der Waals surface area contributed by atoms with Crippen LogP contribution >= 0.6 is 15.9 Å². The summed E-state index contributed by atoms with van der Waals surface area (Å²) in [6.07, 6.45) is 1.70. The van der Waals surface area contributed by atoms with Gasteiger partial charge in [0.05, 0.1) is 16.6 Å². The third kappa shape index (κ3) is 3.11. The lowest BCUT2D eigenvalue weighted by molar-refractivity contribution is -0.384. The molecule has 0 saturated carbocycles. The Balaban J connectivity index is 2.49. The lowest BCUT2D eigenvalue weighted by atomic mass is 10.0. The summed E-state index contributed by atoms with van der Waals surface area (Å²) in [6, 6.07) is 15.6. The van der Waals surface area contributed by atoms with Crippen molar-refractivity contribution < 1.29 is 4.92 Å². The molecule has 0 heterocycles. The zero-order chi connectivity index (χ0) is 14.5. The molecule has 0 N–H and O–H groups in total. The van der Waals surface area contributed by atoms with Crippen LogP contribution in [0.15, 0.2) is 53.0 Å². The minimum atomic E-state index is -0.475. The van der Waals surface area contributed by atoms with Crippen molar-refractivity contribution in [3.8, 4) is 6.07 Å². The van der Waals surface area contributed by atoms with Crippen molar-refractivity contribution in [2.24, 2.45) is 0 Å². The summed E-state index contributed by atoms with van der Waals surface area (Å²) in [5, 5.41) is 20.0. The summed E-state index contributed by atoms with van der Waals surface area (Å²) in [6.45, 7) is 0. The SMILES string of the molecule is N#CC(=Cc1ccccc1Br)c1cccc([N+](=O)[O-])c1. The standard InChI is InChI=1S/C15H9BrN2O2/c16-15-7-2-1-4-12(15)8-13(10-17)11-5-3-6-14(9-11)18(19)20/h1-9H. The van der Waals surface area contributed by atoms with Crippen molar-refractivity contribution in [3.63, 3.8) is 0 Å². The van der Waals surface area contributed by atoms with E-state index in [-0.39, 0.29) is 5.69 Å². The first-order valence-corrected chi connectivity index (χ1v) is 6.52. The van der Waals surface area contributed by atoms with Gasteiger partial charge in [-0.2, -0.15) is 5.26 Å². The van der Waals surface area contributed by atoms with Crippen LogP contribution in [0.5, 0.6) is 0 Å². The molecule has 2 aromatic rings. The van der Waals surface area contributed by atoms with Crippen LogP contribution in [0.25, 0.3) is 11.6 Å². The molecule has 2 rings (SSSR count). The first kappa shape index (κ1) is 14.0. The predicted octanol–water partition coefficient (Wildman–Crippen LogP) is 4.42. The van der Waals surface area contributed by atoms with Crippen LogP contribution in [-0.2, 0) is 0 Å². The number of nitrogens with zero attached hydrogens (tertiary/aromatic N) is 2. The number of rotatable bonds is 3. The first-order chi connectivity index (χ1) is 9.61. The van der Waals surface area contributed by atoms with Gasteiger partial charge in [-0.3, -0.25) is 10.1 Å². The summed E-state index contributed by atoms with van der Waals surface area (Å²) in [5.41, 5.74) is 1.71. The van der Waals surface area contributed by atoms with Gasteiger partial charge in [-0.05, 0) is 23.3 Å². The summed E-state index contributed by atoms with van der Waals surface area (Å²) < 4.78 is 0.859. The largest absolute Gasteiger partial charge is 0.270 e. The second kappa shape index (κ2) is 6.13. The van der Waals surface area contributed by atoms with Gasteiger partial charge in [-0.1, -0.05) is 46.3 Å². The highest BCUT2D eigenvalue weighted by molar-refractivity contribution is 9.10. The number of nitro groups is 1. The molecule has 20 heavy (non-hydrogen) atoms. The topological polar surface area (TPSA) is 66.9 Å². The third-order valence-electron chi connectivity index (χ3n) is 2.69. The minimum Gasteiger partial charge on any atom is -0.258 e. The quantitative estimate of drug-likeness (QED) is 0.362. The second-order valence-corrected chi connectivity index (χ2v) is 4.85. The average molecular weight is 329 g/mol. The van der Waals surface area contributed by atoms with Gasteiger partial charge >= 0.3 is 0 Å². The molecule has 0 radical (unpaired) electrons. The van der Waals surface area contributed by atoms with Crippen LogP contribution < -0.4 is 0 Å². The zero-order valence-electron chi connectivity index (χ0n) is 10.3. The Labute approximate surface area is 124 Å². The number of hydrogen-bond acceptors (Lipinski definition) is 3. The lowest BCUT2D eigenvalue weighted by Crippen LogP contribution is -1.89. The number of allylic oxidation sites excluding steroid dienone is 1. The van der Waals surface area contributed by atoms with Crippen molar-refractivity contribution in [1.82, 2.24) is 0 Å². The highest BCUT2D eigenvalue weighted by Gasteiger charge is 2.09. The Kier molecular flexibility index (Phi) is 4.28. The van der Waals surface area contributed by atoms with Crippen LogP contribution in [0.1, 0.15) is 11.1 Å². The van der Waals surface area contributed by atoms with Gasteiger partial charge in [0.15, 0.2) is 0 Å². The molecule has 0 aliphatic carbocycles. The van der Waals surface area contributed by atoms with Crippen LogP contribution in [0, 0.1) is 21.4 Å². The van der Waals surface area contributed by atoms with Crippen LogP contribution in [0.3, 0.4) is 0 Å². The molecular weight excluding hydrogens is 320 g/mol. The van der Waals surface area contributed by atoms with Crippen molar-refractivity contribution in [1.29, 1.82) is 5.26 Å². The lowest BCUT2D eigenvalue weighted by Gasteiger charge is -2.01. The fourth-order valence-corrected chi connectivity index (χ4v) is 2.11. The number of hydrogen-bond donors (Lipinski definition) is 0.